The van der Waals surface area contributed by atoms with Crippen molar-refractivity contribution in [2.45, 2.75) is 19.4 Å². The smallest absolute Gasteiger partial charge is 0.321 e. The molecule has 0 aliphatic rings. The zero-order chi connectivity index (χ0) is 17.8. The van der Waals surface area contributed by atoms with Gasteiger partial charge in [-0.1, -0.05) is 24.3 Å². The van der Waals surface area contributed by atoms with Gasteiger partial charge in [0.15, 0.2) is 0 Å². The fourth-order valence-electron chi connectivity index (χ4n) is 2.75. The summed E-state index contributed by atoms with van der Waals surface area (Å²) < 4.78 is 0. The van der Waals surface area contributed by atoms with E-state index < -0.39 is 0 Å². The summed E-state index contributed by atoms with van der Waals surface area (Å²) in [7, 11) is 1.78. The number of hydrogen-bond donors (Lipinski definition) is 2. The lowest BCUT2D eigenvalue weighted by Gasteiger charge is -2.25. The van der Waals surface area contributed by atoms with Crippen molar-refractivity contribution in [1.82, 2.24) is 9.88 Å². The fourth-order valence-corrected chi connectivity index (χ4v) is 2.75. The first-order chi connectivity index (χ1) is 12.0. The van der Waals surface area contributed by atoms with E-state index in [4.69, 9.17) is 0 Å². The Balaban J connectivity index is 1.70. The van der Waals surface area contributed by atoms with E-state index >= 15 is 0 Å². The molecule has 0 fully saturated rings. The number of rotatable bonds is 4. The number of benzene rings is 2. The Morgan fingerprint density at radius 3 is 2.72 bits per heavy atom. The van der Waals surface area contributed by atoms with Crippen LogP contribution in [0.4, 0.5) is 10.5 Å². The number of amides is 2. The SMILES string of the molecule is CC(Cc1ccc(O)cc1)N(C)C(=O)Nc1cccc2cnccc12. The van der Waals surface area contributed by atoms with Crippen LogP contribution in [0.15, 0.2) is 60.9 Å². The van der Waals surface area contributed by atoms with E-state index in [1.807, 2.05) is 43.3 Å². The van der Waals surface area contributed by atoms with E-state index in [0.29, 0.717) is 6.42 Å². The predicted molar refractivity (Wildman–Crippen MR) is 99.8 cm³/mol. The second-order valence-corrected chi connectivity index (χ2v) is 6.16. The number of pyridine rings is 1. The maximum Gasteiger partial charge on any atom is 0.321 e. The van der Waals surface area contributed by atoms with Gasteiger partial charge in [-0.25, -0.2) is 4.79 Å². The van der Waals surface area contributed by atoms with Crippen LogP contribution in [0.1, 0.15) is 12.5 Å². The van der Waals surface area contributed by atoms with Crippen LogP contribution in [0, 0.1) is 0 Å². The van der Waals surface area contributed by atoms with Crippen LogP contribution in [0.5, 0.6) is 5.75 Å². The van der Waals surface area contributed by atoms with Crippen LogP contribution in [0.3, 0.4) is 0 Å². The van der Waals surface area contributed by atoms with Crippen molar-refractivity contribution in [2.24, 2.45) is 0 Å². The maximum atomic E-state index is 12.6. The molecule has 1 heterocycles. The number of phenolic OH excluding ortho intramolecular Hbond substituents is 1. The van der Waals surface area contributed by atoms with Gasteiger partial charge in [0.05, 0.1) is 5.69 Å². The van der Waals surface area contributed by atoms with E-state index in [9.17, 15) is 9.90 Å². The summed E-state index contributed by atoms with van der Waals surface area (Å²) >= 11 is 0. The van der Waals surface area contributed by atoms with Crippen LogP contribution in [0.25, 0.3) is 10.8 Å². The van der Waals surface area contributed by atoms with Crippen molar-refractivity contribution in [3.8, 4) is 5.75 Å². The molecule has 3 rings (SSSR count). The molecule has 0 spiro atoms. The van der Waals surface area contributed by atoms with Crippen molar-refractivity contribution in [2.75, 3.05) is 12.4 Å². The van der Waals surface area contributed by atoms with Gasteiger partial charge in [-0.2, -0.15) is 0 Å². The quantitative estimate of drug-likeness (QED) is 0.756. The minimum atomic E-state index is -0.157. The molecule has 2 amide bonds. The highest BCUT2D eigenvalue weighted by Gasteiger charge is 2.17. The van der Waals surface area contributed by atoms with Gasteiger partial charge in [0.2, 0.25) is 0 Å². The van der Waals surface area contributed by atoms with Crippen LogP contribution in [0.2, 0.25) is 0 Å². The topological polar surface area (TPSA) is 65.5 Å². The molecule has 1 aromatic heterocycles. The third-order valence-electron chi connectivity index (χ3n) is 4.37. The summed E-state index contributed by atoms with van der Waals surface area (Å²) in [6, 6.07) is 14.6. The molecule has 0 saturated heterocycles. The Labute approximate surface area is 146 Å². The van der Waals surface area contributed by atoms with Gasteiger partial charge in [-0.3, -0.25) is 4.98 Å². The highest BCUT2D eigenvalue weighted by atomic mass is 16.3. The minimum Gasteiger partial charge on any atom is -0.508 e. The first-order valence-corrected chi connectivity index (χ1v) is 8.19. The van der Waals surface area contributed by atoms with E-state index in [1.165, 1.54) is 0 Å². The molecule has 0 aliphatic heterocycles. The first kappa shape index (κ1) is 16.8. The number of anilines is 1. The lowest BCUT2D eigenvalue weighted by molar-refractivity contribution is 0.207. The van der Waals surface area contributed by atoms with E-state index in [1.54, 1.807) is 36.5 Å². The van der Waals surface area contributed by atoms with Gasteiger partial charge in [0, 0.05) is 36.3 Å². The van der Waals surface area contributed by atoms with Crippen molar-refractivity contribution in [3.05, 3.63) is 66.5 Å². The van der Waals surface area contributed by atoms with Crippen molar-refractivity contribution >= 4 is 22.5 Å². The standard InChI is InChI=1S/C20H21N3O2/c1-14(12-15-6-8-17(24)9-7-15)23(2)20(25)22-19-5-3-4-16-13-21-11-10-18(16)19/h3-11,13-14,24H,12H2,1-2H3,(H,22,25). The Morgan fingerprint density at radius 2 is 1.96 bits per heavy atom. The monoisotopic (exact) mass is 335 g/mol. The summed E-state index contributed by atoms with van der Waals surface area (Å²) in [6.45, 7) is 2.00. The molecule has 128 valence electrons. The third-order valence-corrected chi connectivity index (χ3v) is 4.37. The van der Waals surface area contributed by atoms with E-state index in [-0.39, 0.29) is 17.8 Å². The molecule has 3 aromatic rings. The molecule has 5 nitrogen and oxygen atoms in total. The van der Waals surface area contributed by atoms with Gasteiger partial charge >= 0.3 is 6.03 Å². The molecule has 2 aromatic carbocycles. The average molecular weight is 335 g/mol. The molecule has 0 saturated carbocycles. The zero-order valence-corrected chi connectivity index (χ0v) is 14.3. The molecule has 0 aliphatic carbocycles. The molecule has 0 bridgehead atoms. The number of nitrogens with one attached hydrogen (secondary N) is 1. The fraction of sp³-hybridized carbons (Fsp3) is 0.200. The Hall–Kier alpha value is -3.08. The lowest BCUT2D eigenvalue weighted by atomic mass is 10.1. The lowest BCUT2D eigenvalue weighted by Crippen LogP contribution is -2.39. The molecule has 25 heavy (non-hydrogen) atoms. The molecule has 2 N–H and O–H groups in total. The van der Waals surface area contributed by atoms with Crippen molar-refractivity contribution in [3.63, 3.8) is 0 Å². The molecular weight excluding hydrogens is 314 g/mol. The maximum absolute atomic E-state index is 12.6. The third kappa shape index (κ3) is 3.88. The van der Waals surface area contributed by atoms with Gasteiger partial charge in [-0.15, -0.1) is 0 Å². The summed E-state index contributed by atoms with van der Waals surface area (Å²) in [6.07, 6.45) is 4.21. The molecule has 1 atom stereocenters. The number of urea groups is 1. The summed E-state index contributed by atoms with van der Waals surface area (Å²) in [5.41, 5.74) is 1.84. The number of likely N-dealkylation sites (N-methyl/N-ethyl adjacent to an activating group) is 1. The zero-order valence-electron chi connectivity index (χ0n) is 14.3. The Morgan fingerprint density at radius 1 is 1.20 bits per heavy atom. The van der Waals surface area contributed by atoms with E-state index in [0.717, 1.165) is 22.0 Å². The number of phenols is 1. The number of fused-ring (bicyclic) bond motifs is 1. The van der Waals surface area contributed by atoms with E-state index in [2.05, 4.69) is 10.3 Å². The summed E-state index contributed by atoms with van der Waals surface area (Å²) in [5, 5.41) is 14.3. The second kappa shape index (κ2) is 7.21. The Bertz CT molecular complexity index is 872. The molecule has 0 radical (unpaired) electrons. The van der Waals surface area contributed by atoms with Gasteiger partial charge in [-0.05, 0) is 43.2 Å². The largest absolute Gasteiger partial charge is 0.508 e. The van der Waals surface area contributed by atoms with Crippen molar-refractivity contribution in [1.29, 1.82) is 0 Å². The second-order valence-electron chi connectivity index (χ2n) is 6.16. The first-order valence-electron chi connectivity index (χ1n) is 8.19. The Kier molecular flexibility index (Phi) is 4.84. The van der Waals surface area contributed by atoms with Crippen LogP contribution in [-0.4, -0.2) is 34.1 Å². The summed E-state index contributed by atoms with van der Waals surface area (Å²) in [4.78, 5) is 18.4. The number of aromatic hydroxyl groups is 1. The highest BCUT2D eigenvalue weighted by Crippen LogP contribution is 2.22. The number of carbonyl (C=O) groups is 1. The number of carbonyl (C=O) groups excluding carboxylic acids is 1. The predicted octanol–water partition coefficient (Wildman–Crippen LogP) is 4.04. The number of hydrogen-bond acceptors (Lipinski definition) is 3. The van der Waals surface area contributed by atoms with Gasteiger partial charge in [0.25, 0.3) is 0 Å². The minimum absolute atomic E-state index is 0.0150. The number of nitrogens with zero attached hydrogens (tertiary/aromatic N) is 2. The van der Waals surface area contributed by atoms with Gasteiger partial charge < -0.3 is 15.3 Å². The van der Waals surface area contributed by atoms with Crippen LogP contribution >= 0.6 is 0 Å². The van der Waals surface area contributed by atoms with Crippen LogP contribution < -0.4 is 5.32 Å². The number of aromatic nitrogens is 1. The average Bonchev–Trinajstić information content (AvgIpc) is 2.63. The molecule has 5 heteroatoms. The highest BCUT2D eigenvalue weighted by molar-refractivity contribution is 6.01. The molecule has 1 unspecified atom stereocenters. The summed E-state index contributed by atoms with van der Waals surface area (Å²) in [5.74, 6) is 0.243. The normalized spacial score (nSPS) is 11.9. The van der Waals surface area contributed by atoms with Crippen molar-refractivity contribution < 1.29 is 9.90 Å². The van der Waals surface area contributed by atoms with Crippen LogP contribution in [-0.2, 0) is 6.42 Å². The van der Waals surface area contributed by atoms with Gasteiger partial charge in [0.1, 0.15) is 5.75 Å². The molecular formula is C20H21N3O2.